The van der Waals surface area contributed by atoms with Crippen LogP contribution in [-0.2, 0) is 7.05 Å². The van der Waals surface area contributed by atoms with Crippen molar-refractivity contribution in [3.05, 3.63) is 60.8 Å². The topological polar surface area (TPSA) is 87.5 Å². The Bertz CT molecular complexity index is 1360. The molecule has 30 heavy (non-hydrogen) atoms. The van der Waals surface area contributed by atoms with Gasteiger partial charge in [-0.2, -0.15) is 15.2 Å². The van der Waals surface area contributed by atoms with Gasteiger partial charge in [0, 0.05) is 30.1 Å². The molecule has 3 aromatic heterocycles. The minimum Gasteiger partial charge on any atom is -0.324 e. The lowest BCUT2D eigenvalue weighted by Gasteiger charge is -2.23. The van der Waals surface area contributed by atoms with E-state index in [9.17, 15) is 4.39 Å². The lowest BCUT2D eigenvalue weighted by molar-refractivity contribution is 0.612. The minimum atomic E-state index is -0.495. The predicted molar refractivity (Wildman–Crippen MR) is 115 cm³/mol. The first-order chi connectivity index (χ1) is 14.6. The summed E-state index contributed by atoms with van der Waals surface area (Å²) in [5.74, 6) is 0.0148. The number of halogens is 1. The third-order valence-electron chi connectivity index (χ3n) is 5.06. The number of benzene rings is 2. The first kappa shape index (κ1) is 18.0. The summed E-state index contributed by atoms with van der Waals surface area (Å²) in [5.41, 5.74) is 3.47. The van der Waals surface area contributed by atoms with Gasteiger partial charge in [0.15, 0.2) is 11.6 Å². The number of hydrogen-bond donors (Lipinski definition) is 2. The summed E-state index contributed by atoms with van der Waals surface area (Å²) < 4.78 is 16.5. The summed E-state index contributed by atoms with van der Waals surface area (Å²) in [4.78, 5) is 10.4. The molecule has 2 aromatic carbocycles. The number of nitrogens with one attached hydrogen (secondary N) is 2. The Hall–Kier alpha value is -4.01. The van der Waals surface area contributed by atoms with Crippen LogP contribution in [0.3, 0.4) is 0 Å². The smallest absolute Gasteiger partial charge is 0.229 e. The Morgan fingerprint density at radius 1 is 1.17 bits per heavy atom. The highest BCUT2D eigenvalue weighted by Gasteiger charge is 2.18. The van der Waals surface area contributed by atoms with Gasteiger partial charge in [0.05, 0.1) is 35.3 Å². The number of rotatable bonds is 5. The van der Waals surface area contributed by atoms with E-state index in [1.165, 1.54) is 6.20 Å². The maximum atomic E-state index is 14.7. The number of aryl methyl sites for hydroxylation is 1. The van der Waals surface area contributed by atoms with Gasteiger partial charge in [-0.15, -0.1) is 0 Å². The molecule has 3 heterocycles. The number of anilines is 4. The zero-order chi connectivity index (χ0) is 20.7. The van der Waals surface area contributed by atoms with Gasteiger partial charge in [0.25, 0.3) is 0 Å². The predicted octanol–water partition coefficient (Wildman–Crippen LogP) is 4.28. The van der Waals surface area contributed by atoms with E-state index in [0.29, 0.717) is 12.5 Å². The molecule has 9 heteroatoms. The van der Waals surface area contributed by atoms with Crippen LogP contribution in [0.2, 0.25) is 0 Å². The molecule has 0 spiro atoms. The average molecular weight is 402 g/mol. The molecule has 0 bridgehead atoms. The first-order valence-electron chi connectivity index (χ1n) is 9.55. The largest absolute Gasteiger partial charge is 0.324 e. The summed E-state index contributed by atoms with van der Waals surface area (Å²) >= 11 is 0. The van der Waals surface area contributed by atoms with Crippen molar-refractivity contribution in [2.24, 2.45) is 7.05 Å². The van der Waals surface area contributed by atoms with Crippen molar-refractivity contribution in [1.29, 1.82) is 0 Å². The van der Waals surface area contributed by atoms with Crippen LogP contribution in [-0.4, -0.2) is 36.5 Å². The normalized spacial score (nSPS) is 11.3. The molecule has 0 aliphatic heterocycles. The molecule has 5 rings (SSSR count). The fourth-order valence-corrected chi connectivity index (χ4v) is 3.58. The van der Waals surface area contributed by atoms with Crippen LogP contribution in [0, 0.1) is 5.82 Å². The number of aromatic amines is 1. The second-order valence-corrected chi connectivity index (χ2v) is 6.88. The van der Waals surface area contributed by atoms with Gasteiger partial charge >= 0.3 is 0 Å². The van der Waals surface area contributed by atoms with Crippen molar-refractivity contribution in [1.82, 2.24) is 29.9 Å². The number of aromatic nitrogens is 6. The van der Waals surface area contributed by atoms with Crippen LogP contribution < -0.4 is 10.2 Å². The van der Waals surface area contributed by atoms with Crippen LogP contribution in [0.25, 0.3) is 21.8 Å². The van der Waals surface area contributed by atoms with Crippen molar-refractivity contribution in [2.75, 3.05) is 16.8 Å². The van der Waals surface area contributed by atoms with Crippen molar-refractivity contribution in [2.45, 2.75) is 6.92 Å². The molecule has 8 nitrogen and oxygen atoms in total. The SMILES string of the molecule is CCN(c1nc(Nc2ccc3cnn(C)c3c2)ncc1F)c1cccc2[nH]ncc12. The Labute approximate surface area is 171 Å². The second-order valence-electron chi connectivity index (χ2n) is 6.88. The van der Waals surface area contributed by atoms with Crippen molar-refractivity contribution in [3.8, 4) is 0 Å². The van der Waals surface area contributed by atoms with Crippen molar-refractivity contribution in [3.63, 3.8) is 0 Å². The molecule has 0 unspecified atom stereocenters. The van der Waals surface area contributed by atoms with Gasteiger partial charge in [0.2, 0.25) is 5.95 Å². The van der Waals surface area contributed by atoms with E-state index < -0.39 is 5.82 Å². The van der Waals surface area contributed by atoms with Gasteiger partial charge in [-0.3, -0.25) is 9.78 Å². The van der Waals surface area contributed by atoms with Crippen LogP contribution in [0.4, 0.5) is 27.5 Å². The van der Waals surface area contributed by atoms with E-state index in [1.54, 1.807) is 17.1 Å². The molecule has 150 valence electrons. The molecule has 0 saturated heterocycles. The van der Waals surface area contributed by atoms with Gasteiger partial charge in [-0.1, -0.05) is 6.07 Å². The van der Waals surface area contributed by atoms with E-state index in [1.807, 2.05) is 55.3 Å². The highest BCUT2D eigenvalue weighted by Crippen LogP contribution is 2.32. The standard InChI is InChI=1S/C21H19FN8/c1-3-30(18-6-4-5-17-15(18)11-24-28-17)20-16(22)12-23-21(27-20)26-14-8-7-13-10-25-29(2)19(13)9-14/h4-12H,3H2,1-2H3,(H,24,28)(H,23,26,27). The van der Waals surface area contributed by atoms with Crippen molar-refractivity contribution >= 4 is 44.9 Å². The zero-order valence-electron chi connectivity index (χ0n) is 16.5. The molecular weight excluding hydrogens is 383 g/mol. The molecular formula is C21H19FN8. The van der Waals surface area contributed by atoms with E-state index in [4.69, 9.17) is 0 Å². The van der Waals surface area contributed by atoms with E-state index in [-0.39, 0.29) is 5.82 Å². The molecule has 2 N–H and O–H groups in total. The van der Waals surface area contributed by atoms with Crippen LogP contribution in [0.1, 0.15) is 6.92 Å². The van der Waals surface area contributed by atoms with E-state index >= 15 is 0 Å². The number of hydrogen-bond acceptors (Lipinski definition) is 6. The monoisotopic (exact) mass is 402 g/mol. The van der Waals surface area contributed by atoms with Crippen molar-refractivity contribution < 1.29 is 4.39 Å². The highest BCUT2D eigenvalue weighted by molar-refractivity contribution is 5.93. The van der Waals surface area contributed by atoms with E-state index in [2.05, 4.69) is 30.6 Å². The van der Waals surface area contributed by atoms with Gasteiger partial charge in [-0.25, -0.2) is 9.37 Å². The van der Waals surface area contributed by atoms with Crippen LogP contribution in [0.15, 0.2) is 55.0 Å². The minimum absolute atomic E-state index is 0.199. The summed E-state index contributed by atoms with van der Waals surface area (Å²) in [6.07, 6.45) is 4.72. The summed E-state index contributed by atoms with van der Waals surface area (Å²) in [6.45, 7) is 2.47. The van der Waals surface area contributed by atoms with Crippen LogP contribution >= 0.6 is 0 Å². The molecule has 0 aliphatic carbocycles. The summed E-state index contributed by atoms with van der Waals surface area (Å²) in [7, 11) is 1.88. The maximum Gasteiger partial charge on any atom is 0.229 e. The fourth-order valence-electron chi connectivity index (χ4n) is 3.58. The average Bonchev–Trinajstić information content (AvgIpc) is 3.38. The molecule has 0 aliphatic rings. The quantitative estimate of drug-likeness (QED) is 0.456. The Morgan fingerprint density at radius 2 is 2.07 bits per heavy atom. The van der Waals surface area contributed by atoms with Gasteiger partial charge < -0.3 is 10.2 Å². The summed E-state index contributed by atoms with van der Waals surface area (Å²) in [5, 5.41) is 16.4. The Morgan fingerprint density at radius 3 is 2.93 bits per heavy atom. The number of fused-ring (bicyclic) bond motifs is 2. The third-order valence-corrected chi connectivity index (χ3v) is 5.06. The lowest BCUT2D eigenvalue weighted by Crippen LogP contribution is -2.20. The first-order valence-corrected chi connectivity index (χ1v) is 9.55. The third kappa shape index (κ3) is 3.00. The molecule has 0 amide bonds. The Balaban J connectivity index is 1.53. The molecule has 0 atom stereocenters. The second kappa shape index (κ2) is 7.11. The van der Waals surface area contributed by atoms with Crippen LogP contribution in [0.5, 0.6) is 0 Å². The molecule has 0 fully saturated rings. The van der Waals surface area contributed by atoms with E-state index in [0.717, 1.165) is 33.2 Å². The fraction of sp³-hybridized carbons (Fsp3) is 0.143. The maximum absolute atomic E-state index is 14.7. The zero-order valence-corrected chi connectivity index (χ0v) is 16.5. The van der Waals surface area contributed by atoms with Gasteiger partial charge in [-0.05, 0) is 37.3 Å². The highest BCUT2D eigenvalue weighted by atomic mass is 19.1. The number of H-pyrrole nitrogens is 1. The molecule has 0 radical (unpaired) electrons. The lowest BCUT2D eigenvalue weighted by atomic mass is 10.2. The summed E-state index contributed by atoms with van der Waals surface area (Å²) in [6, 6.07) is 11.6. The molecule has 0 saturated carbocycles. The Kier molecular flexibility index (Phi) is 4.27. The molecule has 5 aromatic rings. The van der Waals surface area contributed by atoms with Gasteiger partial charge in [0.1, 0.15) is 0 Å². The number of nitrogens with zero attached hydrogens (tertiary/aromatic N) is 6.